The number of nitrogen functional groups attached to an aromatic ring is 1. The van der Waals surface area contributed by atoms with Gasteiger partial charge in [-0.1, -0.05) is 18.7 Å². The van der Waals surface area contributed by atoms with Crippen molar-refractivity contribution in [3.8, 4) is 0 Å². The number of aromatic nitrogens is 2. The van der Waals surface area contributed by atoms with Gasteiger partial charge < -0.3 is 15.6 Å². The second kappa shape index (κ2) is 7.52. The SMILES string of the molecule is CCCSc1nc(N)c2c(n1)N(C1CCC(OCCO)C1)NN2. The van der Waals surface area contributed by atoms with E-state index in [0.29, 0.717) is 17.6 Å². The smallest absolute Gasteiger partial charge is 0.191 e. The molecule has 0 amide bonds. The average molecular weight is 340 g/mol. The van der Waals surface area contributed by atoms with E-state index in [2.05, 4.69) is 27.9 Å². The van der Waals surface area contributed by atoms with Crippen molar-refractivity contribution in [1.82, 2.24) is 15.5 Å². The summed E-state index contributed by atoms with van der Waals surface area (Å²) in [5.74, 6) is 2.25. The maximum Gasteiger partial charge on any atom is 0.191 e. The predicted molar refractivity (Wildman–Crippen MR) is 91.2 cm³/mol. The first-order chi connectivity index (χ1) is 11.2. The Bertz CT molecular complexity index is 546. The molecule has 8 nitrogen and oxygen atoms in total. The van der Waals surface area contributed by atoms with Gasteiger partial charge in [-0.25, -0.2) is 9.97 Å². The van der Waals surface area contributed by atoms with Gasteiger partial charge in [-0.2, -0.15) is 0 Å². The van der Waals surface area contributed by atoms with E-state index in [9.17, 15) is 0 Å². The Hall–Kier alpha value is -1.29. The number of aliphatic hydroxyl groups excluding tert-OH is 1. The summed E-state index contributed by atoms with van der Waals surface area (Å²) in [6, 6.07) is 0.283. The largest absolute Gasteiger partial charge is 0.394 e. The predicted octanol–water partition coefficient (Wildman–Crippen LogP) is 1.14. The molecule has 0 aromatic carbocycles. The molecular formula is C14H24N6O2S. The van der Waals surface area contributed by atoms with Crippen LogP contribution in [0.3, 0.4) is 0 Å². The molecule has 0 bridgehead atoms. The van der Waals surface area contributed by atoms with Crippen LogP contribution in [0.5, 0.6) is 0 Å². The second-order valence-electron chi connectivity index (χ2n) is 5.73. The van der Waals surface area contributed by atoms with Crippen molar-refractivity contribution < 1.29 is 9.84 Å². The molecule has 1 aliphatic carbocycles. The zero-order chi connectivity index (χ0) is 16.2. The summed E-state index contributed by atoms with van der Waals surface area (Å²) >= 11 is 1.62. The number of hydrogen-bond acceptors (Lipinski definition) is 9. The van der Waals surface area contributed by atoms with E-state index in [-0.39, 0.29) is 18.8 Å². The van der Waals surface area contributed by atoms with Crippen LogP contribution in [-0.4, -0.2) is 46.2 Å². The molecule has 128 valence electrons. The van der Waals surface area contributed by atoms with Crippen LogP contribution in [0.2, 0.25) is 0 Å². The third kappa shape index (κ3) is 3.63. The third-order valence-corrected chi connectivity index (χ3v) is 5.08. The number of fused-ring (bicyclic) bond motifs is 1. The van der Waals surface area contributed by atoms with Gasteiger partial charge >= 0.3 is 0 Å². The van der Waals surface area contributed by atoms with Crippen molar-refractivity contribution in [2.75, 3.05) is 35.1 Å². The van der Waals surface area contributed by atoms with Gasteiger partial charge in [-0.3, -0.25) is 10.4 Å². The third-order valence-electron chi connectivity index (χ3n) is 4.03. The van der Waals surface area contributed by atoms with Crippen molar-refractivity contribution in [2.24, 2.45) is 0 Å². The van der Waals surface area contributed by atoms with Crippen molar-refractivity contribution in [2.45, 2.75) is 49.9 Å². The second-order valence-corrected chi connectivity index (χ2v) is 6.79. The Labute approximate surface area is 140 Å². The van der Waals surface area contributed by atoms with Gasteiger partial charge in [-0.05, 0) is 25.7 Å². The van der Waals surface area contributed by atoms with E-state index >= 15 is 0 Å². The molecule has 1 fully saturated rings. The molecule has 1 saturated carbocycles. The number of nitrogens with zero attached hydrogens (tertiary/aromatic N) is 3. The van der Waals surface area contributed by atoms with E-state index in [1.807, 2.05) is 5.01 Å². The van der Waals surface area contributed by atoms with Gasteiger partial charge in [0.05, 0.1) is 25.4 Å². The van der Waals surface area contributed by atoms with Gasteiger partial charge in [0.1, 0.15) is 5.69 Å². The van der Waals surface area contributed by atoms with E-state index in [0.717, 1.165) is 42.9 Å². The first kappa shape index (κ1) is 16.6. The Morgan fingerprint density at radius 2 is 2.30 bits per heavy atom. The first-order valence-corrected chi connectivity index (χ1v) is 9.05. The van der Waals surface area contributed by atoms with Crippen LogP contribution in [0.25, 0.3) is 0 Å². The van der Waals surface area contributed by atoms with Crippen LogP contribution in [0.15, 0.2) is 5.16 Å². The molecule has 23 heavy (non-hydrogen) atoms. The molecule has 3 rings (SSSR count). The normalized spacial score (nSPS) is 23.1. The Balaban J connectivity index is 1.72. The van der Waals surface area contributed by atoms with Gasteiger partial charge in [0.15, 0.2) is 16.8 Å². The zero-order valence-electron chi connectivity index (χ0n) is 13.3. The van der Waals surface area contributed by atoms with E-state index in [4.69, 9.17) is 15.6 Å². The molecule has 2 unspecified atom stereocenters. The summed E-state index contributed by atoms with van der Waals surface area (Å²) in [7, 11) is 0. The minimum atomic E-state index is 0.0648. The van der Waals surface area contributed by atoms with Gasteiger partial charge in [0.2, 0.25) is 0 Å². The molecular weight excluding hydrogens is 316 g/mol. The summed E-state index contributed by atoms with van der Waals surface area (Å²) < 4.78 is 5.64. The molecule has 1 aromatic rings. The number of ether oxygens (including phenoxy) is 1. The van der Waals surface area contributed by atoms with Gasteiger partial charge in [0, 0.05) is 5.75 Å². The summed E-state index contributed by atoms with van der Waals surface area (Å²) in [6.07, 6.45) is 4.14. The zero-order valence-corrected chi connectivity index (χ0v) is 14.1. The van der Waals surface area contributed by atoms with Crippen LogP contribution in [0.1, 0.15) is 32.6 Å². The number of thioether (sulfide) groups is 1. The fourth-order valence-electron chi connectivity index (χ4n) is 2.95. The molecule has 2 aliphatic rings. The number of rotatable bonds is 7. The summed E-state index contributed by atoms with van der Waals surface area (Å²) in [5, 5.41) is 11.6. The number of hydrazine groups is 2. The number of nitrogens with one attached hydrogen (secondary N) is 2. The molecule has 9 heteroatoms. The monoisotopic (exact) mass is 340 g/mol. The summed E-state index contributed by atoms with van der Waals surface area (Å²) in [4.78, 5) is 9.00. The Morgan fingerprint density at radius 3 is 3.09 bits per heavy atom. The summed E-state index contributed by atoms with van der Waals surface area (Å²) in [5.41, 5.74) is 13.0. The van der Waals surface area contributed by atoms with Crippen molar-refractivity contribution in [1.29, 1.82) is 0 Å². The lowest BCUT2D eigenvalue weighted by Gasteiger charge is -2.24. The fraction of sp³-hybridized carbons (Fsp3) is 0.714. The number of aliphatic hydroxyl groups is 1. The molecule has 2 heterocycles. The number of anilines is 3. The standard InChI is InChI=1S/C14H24N6O2S/c1-2-7-23-14-16-12(15)11-13(17-14)20(19-18-11)9-3-4-10(8-9)22-6-5-21/h9-10,18-19,21H,2-8H2,1H3,(H2,15,16,17). The van der Waals surface area contributed by atoms with Gasteiger partial charge in [0.25, 0.3) is 0 Å². The highest BCUT2D eigenvalue weighted by Gasteiger charge is 2.35. The molecule has 5 N–H and O–H groups in total. The molecule has 0 spiro atoms. The average Bonchev–Trinajstić information content (AvgIpc) is 3.17. The Morgan fingerprint density at radius 1 is 1.43 bits per heavy atom. The lowest BCUT2D eigenvalue weighted by Crippen LogP contribution is -2.43. The maximum atomic E-state index is 8.88. The number of hydrogen-bond donors (Lipinski definition) is 4. The molecule has 1 aromatic heterocycles. The lowest BCUT2D eigenvalue weighted by atomic mass is 10.2. The van der Waals surface area contributed by atoms with Crippen LogP contribution < -0.4 is 21.7 Å². The Kier molecular flexibility index (Phi) is 5.42. The summed E-state index contributed by atoms with van der Waals surface area (Å²) in [6.45, 7) is 2.59. The van der Waals surface area contributed by atoms with Gasteiger partial charge in [-0.15, -0.1) is 5.53 Å². The van der Waals surface area contributed by atoms with Crippen LogP contribution in [0.4, 0.5) is 17.3 Å². The quantitative estimate of drug-likeness (QED) is 0.429. The highest BCUT2D eigenvalue weighted by Crippen LogP contribution is 2.38. The molecule has 0 saturated heterocycles. The van der Waals surface area contributed by atoms with Crippen molar-refractivity contribution >= 4 is 29.1 Å². The highest BCUT2D eigenvalue weighted by molar-refractivity contribution is 7.99. The van der Waals surface area contributed by atoms with Crippen LogP contribution >= 0.6 is 11.8 Å². The van der Waals surface area contributed by atoms with Crippen molar-refractivity contribution in [3.63, 3.8) is 0 Å². The number of nitrogens with two attached hydrogens (primary N) is 1. The van der Waals surface area contributed by atoms with E-state index in [1.165, 1.54) is 0 Å². The molecule has 2 atom stereocenters. The molecule has 1 aliphatic heterocycles. The lowest BCUT2D eigenvalue weighted by molar-refractivity contribution is 0.0321. The van der Waals surface area contributed by atoms with E-state index in [1.54, 1.807) is 11.8 Å². The van der Waals surface area contributed by atoms with Crippen molar-refractivity contribution in [3.05, 3.63) is 0 Å². The molecule has 0 radical (unpaired) electrons. The fourth-order valence-corrected chi connectivity index (χ4v) is 3.65. The minimum Gasteiger partial charge on any atom is -0.394 e. The minimum absolute atomic E-state index is 0.0648. The van der Waals surface area contributed by atoms with Crippen LogP contribution in [-0.2, 0) is 4.74 Å². The topological polar surface area (TPSA) is 109 Å². The maximum absolute atomic E-state index is 8.88. The first-order valence-electron chi connectivity index (χ1n) is 8.06. The van der Waals surface area contributed by atoms with E-state index < -0.39 is 0 Å². The highest BCUT2D eigenvalue weighted by atomic mass is 32.2. The van der Waals surface area contributed by atoms with Crippen LogP contribution in [0, 0.1) is 0 Å².